The number of aliphatic imine (C=N–C) groups is 2. The van der Waals surface area contributed by atoms with Gasteiger partial charge in [0.25, 0.3) is 11.6 Å². The van der Waals surface area contributed by atoms with Crippen LogP contribution in [0.1, 0.15) is 28.8 Å². The monoisotopic (exact) mass is 462 g/mol. The maximum atomic E-state index is 13.2. The number of ether oxygens (including phenoxy) is 1. The molecule has 0 bridgehead atoms. The number of rotatable bonds is 4. The third-order valence-electron chi connectivity index (χ3n) is 5.22. The SMILES string of the molecule is COc1ccc([C@H]2C(C)=Nc3ccccc3N=C2NC(=O)c2cccc([N+](=O)[O-])c2Cl)cc1. The van der Waals surface area contributed by atoms with Crippen LogP contribution in [0.2, 0.25) is 5.02 Å². The van der Waals surface area contributed by atoms with Crippen LogP contribution in [0.15, 0.2) is 76.7 Å². The Kier molecular flexibility index (Phi) is 6.19. The molecule has 1 atom stereocenters. The predicted octanol–water partition coefficient (Wildman–Crippen LogP) is 5.61. The zero-order chi connectivity index (χ0) is 23.5. The minimum absolute atomic E-state index is 0.0193. The van der Waals surface area contributed by atoms with E-state index in [1.165, 1.54) is 18.2 Å². The summed E-state index contributed by atoms with van der Waals surface area (Å²) in [5.41, 5.74) is 2.46. The fourth-order valence-electron chi connectivity index (χ4n) is 3.62. The number of hydrogen-bond donors (Lipinski definition) is 1. The molecule has 0 unspecified atom stereocenters. The molecule has 0 radical (unpaired) electrons. The van der Waals surface area contributed by atoms with Gasteiger partial charge in [-0.3, -0.25) is 19.9 Å². The summed E-state index contributed by atoms with van der Waals surface area (Å²) in [6.45, 7) is 1.86. The van der Waals surface area contributed by atoms with E-state index in [0.29, 0.717) is 28.7 Å². The number of nitrogens with zero attached hydrogens (tertiary/aromatic N) is 3. The molecule has 3 aromatic rings. The molecule has 0 saturated carbocycles. The van der Waals surface area contributed by atoms with Crippen molar-refractivity contribution in [3.8, 4) is 5.75 Å². The maximum Gasteiger partial charge on any atom is 0.288 e. The highest BCUT2D eigenvalue weighted by molar-refractivity contribution is 6.36. The molecule has 0 fully saturated rings. The average molecular weight is 463 g/mol. The number of benzene rings is 3. The van der Waals surface area contributed by atoms with E-state index in [1.54, 1.807) is 13.2 Å². The van der Waals surface area contributed by atoms with Crippen LogP contribution in [0.5, 0.6) is 5.75 Å². The Bertz CT molecular complexity index is 1300. The number of nitrogens with one attached hydrogen (secondary N) is 1. The first-order chi connectivity index (χ1) is 15.9. The van der Waals surface area contributed by atoms with Crippen LogP contribution < -0.4 is 10.1 Å². The molecule has 1 amide bonds. The Hall–Kier alpha value is -4.04. The normalized spacial score (nSPS) is 14.9. The van der Waals surface area contributed by atoms with Gasteiger partial charge in [0.2, 0.25) is 0 Å². The number of nitro benzene ring substituents is 1. The molecule has 0 aromatic heterocycles. The van der Waals surface area contributed by atoms with Crippen LogP contribution >= 0.6 is 11.6 Å². The highest BCUT2D eigenvalue weighted by atomic mass is 35.5. The van der Waals surface area contributed by atoms with Gasteiger partial charge in [0.05, 0.1) is 34.9 Å². The summed E-state index contributed by atoms with van der Waals surface area (Å²) in [4.78, 5) is 33.2. The van der Waals surface area contributed by atoms with Gasteiger partial charge in [-0.25, -0.2) is 4.99 Å². The van der Waals surface area contributed by atoms with Gasteiger partial charge in [-0.2, -0.15) is 0 Å². The Labute approximate surface area is 194 Å². The smallest absolute Gasteiger partial charge is 0.288 e. The molecule has 0 aliphatic carbocycles. The molecule has 1 aliphatic heterocycles. The lowest BCUT2D eigenvalue weighted by Crippen LogP contribution is -2.37. The topological polar surface area (TPSA) is 106 Å². The second-order valence-corrected chi connectivity index (χ2v) is 7.67. The van der Waals surface area contributed by atoms with E-state index in [9.17, 15) is 14.9 Å². The summed E-state index contributed by atoms with van der Waals surface area (Å²) in [7, 11) is 1.58. The molecule has 1 N–H and O–H groups in total. The van der Waals surface area contributed by atoms with E-state index in [1.807, 2.05) is 49.4 Å². The van der Waals surface area contributed by atoms with Crippen LogP contribution in [-0.4, -0.2) is 29.5 Å². The summed E-state index contributed by atoms with van der Waals surface area (Å²) in [6, 6.07) is 18.8. The third-order valence-corrected chi connectivity index (χ3v) is 5.62. The van der Waals surface area contributed by atoms with Crippen LogP contribution in [-0.2, 0) is 0 Å². The molecule has 166 valence electrons. The lowest BCUT2D eigenvalue weighted by Gasteiger charge is -2.20. The Balaban J connectivity index is 1.79. The molecule has 1 heterocycles. The lowest BCUT2D eigenvalue weighted by molar-refractivity contribution is -0.384. The Morgan fingerprint density at radius 1 is 1.03 bits per heavy atom. The van der Waals surface area contributed by atoms with Crippen molar-refractivity contribution in [2.45, 2.75) is 12.8 Å². The number of amidine groups is 1. The lowest BCUT2D eigenvalue weighted by atomic mass is 9.93. The molecule has 3 aromatic carbocycles. The van der Waals surface area contributed by atoms with Crippen LogP contribution in [0.3, 0.4) is 0 Å². The van der Waals surface area contributed by atoms with Gasteiger partial charge in [0.15, 0.2) is 0 Å². The van der Waals surface area contributed by atoms with Crippen molar-refractivity contribution in [2.75, 3.05) is 7.11 Å². The van der Waals surface area contributed by atoms with Crippen LogP contribution in [0.25, 0.3) is 0 Å². The number of carbonyl (C=O) groups is 1. The highest BCUT2D eigenvalue weighted by Gasteiger charge is 2.28. The van der Waals surface area contributed by atoms with Gasteiger partial charge < -0.3 is 10.1 Å². The van der Waals surface area contributed by atoms with Gasteiger partial charge in [-0.15, -0.1) is 0 Å². The number of para-hydroxylation sites is 2. The largest absolute Gasteiger partial charge is 0.497 e. The second kappa shape index (κ2) is 9.22. The number of methoxy groups -OCH3 is 1. The van der Waals surface area contributed by atoms with E-state index >= 15 is 0 Å². The standard InChI is InChI=1S/C24H19ClN4O4/c1-14-21(15-10-12-16(33-2)13-11-15)23(27-19-8-4-3-7-18(19)26-14)28-24(30)17-6-5-9-20(22(17)25)29(31)32/h3-13,21H,1-2H3,(H,27,28,30)/t21-/m1/s1. The molecule has 0 saturated heterocycles. The number of fused-ring (bicyclic) bond motifs is 1. The molecule has 4 rings (SSSR count). The highest BCUT2D eigenvalue weighted by Crippen LogP contribution is 2.35. The number of amides is 1. The number of nitro groups is 1. The summed E-state index contributed by atoms with van der Waals surface area (Å²) < 4.78 is 5.25. The number of halogens is 1. The van der Waals surface area contributed by atoms with Gasteiger partial charge in [-0.05, 0) is 42.8 Å². The molecular weight excluding hydrogens is 444 g/mol. The van der Waals surface area contributed by atoms with Crippen LogP contribution in [0, 0.1) is 10.1 Å². The average Bonchev–Trinajstić information content (AvgIpc) is 2.94. The fraction of sp³-hybridized carbons (Fsp3) is 0.125. The molecule has 8 nitrogen and oxygen atoms in total. The first-order valence-corrected chi connectivity index (χ1v) is 10.4. The summed E-state index contributed by atoms with van der Waals surface area (Å²) in [5, 5.41) is 13.8. The summed E-state index contributed by atoms with van der Waals surface area (Å²) in [5.74, 6) is -0.0482. The first-order valence-electron chi connectivity index (χ1n) is 10.00. The van der Waals surface area contributed by atoms with E-state index in [2.05, 4.69) is 5.32 Å². The zero-order valence-corrected chi connectivity index (χ0v) is 18.5. The molecule has 9 heteroatoms. The maximum absolute atomic E-state index is 13.2. The minimum Gasteiger partial charge on any atom is -0.497 e. The Morgan fingerprint density at radius 2 is 1.70 bits per heavy atom. The van der Waals surface area contributed by atoms with Gasteiger partial charge in [-0.1, -0.05) is 41.9 Å². The summed E-state index contributed by atoms with van der Waals surface area (Å²) in [6.07, 6.45) is 0. The Morgan fingerprint density at radius 3 is 2.33 bits per heavy atom. The fourth-order valence-corrected chi connectivity index (χ4v) is 3.90. The molecule has 33 heavy (non-hydrogen) atoms. The van der Waals surface area contributed by atoms with Gasteiger partial charge in [0.1, 0.15) is 16.6 Å². The summed E-state index contributed by atoms with van der Waals surface area (Å²) >= 11 is 6.17. The number of carbonyl (C=O) groups excluding carboxylic acids is 1. The van der Waals surface area contributed by atoms with Crippen LogP contribution in [0.4, 0.5) is 17.1 Å². The van der Waals surface area contributed by atoms with Gasteiger partial charge in [0, 0.05) is 11.8 Å². The van der Waals surface area contributed by atoms with Gasteiger partial charge >= 0.3 is 0 Å². The van der Waals surface area contributed by atoms with Crippen molar-refractivity contribution in [1.29, 1.82) is 0 Å². The van der Waals surface area contributed by atoms with Crippen molar-refractivity contribution in [2.24, 2.45) is 9.98 Å². The van der Waals surface area contributed by atoms with Crippen molar-refractivity contribution in [3.05, 3.63) is 93.0 Å². The van der Waals surface area contributed by atoms with Crippen molar-refractivity contribution < 1.29 is 14.5 Å². The quantitative estimate of drug-likeness (QED) is 0.402. The second-order valence-electron chi connectivity index (χ2n) is 7.30. The van der Waals surface area contributed by atoms with E-state index < -0.39 is 16.7 Å². The molecule has 1 aliphatic rings. The molecular formula is C24H19ClN4O4. The van der Waals surface area contributed by atoms with E-state index in [0.717, 1.165) is 5.56 Å². The van der Waals surface area contributed by atoms with Crippen molar-refractivity contribution in [1.82, 2.24) is 5.32 Å². The zero-order valence-electron chi connectivity index (χ0n) is 17.8. The van der Waals surface area contributed by atoms with Crippen molar-refractivity contribution in [3.63, 3.8) is 0 Å². The number of hydrogen-bond acceptors (Lipinski definition) is 6. The predicted molar refractivity (Wildman–Crippen MR) is 128 cm³/mol. The van der Waals surface area contributed by atoms with Crippen molar-refractivity contribution >= 4 is 46.1 Å². The minimum atomic E-state index is -0.629. The molecule has 0 spiro atoms. The van der Waals surface area contributed by atoms with E-state index in [4.69, 9.17) is 26.3 Å². The van der Waals surface area contributed by atoms with E-state index in [-0.39, 0.29) is 16.3 Å². The third kappa shape index (κ3) is 4.47. The first kappa shape index (κ1) is 22.2.